The van der Waals surface area contributed by atoms with Crippen LogP contribution in [-0.4, -0.2) is 33.1 Å². The number of unbranched alkanes of at least 4 members (excludes halogenated alkanes) is 3. The molecule has 2 aromatic rings. The van der Waals surface area contributed by atoms with Crippen molar-refractivity contribution in [3.8, 4) is 0 Å². The number of benzene rings is 2. The molecule has 0 aromatic heterocycles. The highest BCUT2D eigenvalue weighted by Gasteiger charge is 2.34. The third-order valence-electron chi connectivity index (χ3n) is 5.18. The molecule has 9 heteroatoms. The van der Waals surface area contributed by atoms with Crippen molar-refractivity contribution in [3.05, 3.63) is 58.6 Å². The Balaban J connectivity index is 0.00000320. The van der Waals surface area contributed by atoms with Crippen molar-refractivity contribution >= 4 is 45.7 Å². The van der Waals surface area contributed by atoms with E-state index in [4.69, 9.17) is 16.7 Å². The van der Waals surface area contributed by atoms with E-state index < -0.39 is 16.0 Å². The molecule has 1 heterocycles. The molecular formula is C21H26Cl2N2O4S. The largest absolute Gasteiger partial charge is 0.481 e. The first-order valence-corrected chi connectivity index (χ1v) is 11.5. The van der Waals surface area contributed by atoms with Crippen LogP contribution in [0, 0.1) is 0 Å². The van der Waals surface area contributed by atoms with Gasteiger partial charge in [0.05, 0.1) is 16.6 Å². The Kier molecular flexibility index (Phi) is 8.55. The molecule has 2 aromatic carbocycles. The summed E-state index contributed by atoms with van der Waals surface area (Å²) in [6.45, 7) is 0.692. The van der Waals surface area contributed by atoms with Gasteiger partial charge in [0.1, 0.15) is 0 Å². The van der Waals surface area contributed by atoms with Crippen molar-refractivity contribution in [1.82, 2.24) is 5.32 Å². The Morgan fingerprint density at radius 1 is 1.10 bits per heavy atom. The Bertz CT molecular complexity index is 998. The maximum Gasteiger partial charge on any atom is 0.303 e. The number of carboxylic acids is 1. The van der Waals surface area contributed by atoms with Crippen LogP contribution in [0.15, 0.2) is 47.4 Å². The van der Waals surface area contributed by atoms with Crippen molar-refractivity contribution in [2.45, 2.75) is 43.0 Å². The molecule has 1 atom stereocenters. The molecule has 0 radical (unpaired) electrons. The second kappa shape index (κ2) is 10.5. The number of hydrogen-bond acceptors (Lipinski definition) is 4. The Labute approximate surface area is 188 Å². The number of fused-ring (bicyclic) bond motifs is 2. The van der Waals surface area contributed by atoms with Gasteiger partial charge in [0.25, 0.3) is 10.0 Å². The molecule has 1 unspecified atom stereocenters. The molecule has 0 amide bonds. The van der Waals surface area contributed by atoms with E-state index in [0.29, 0.717) is 29.2 Å². The standard InChI is InChI=1S/C21H25ClN2O4S.ClH/c1-24-18-9-6-5-8-16(18)21(23-13-7-3-2-4-10-20(25)26)17-12-11-15(22)14-19(17)29(24,27)28;/h5-6,8-9,11-12,14,21,23H,2-4,7,10,13H2,1H3,(H,25,26);1H. The first-order valence-electron chi connectivity index (χ1n) is 9.65. The highest BCUT2D eigenvalue weighted by molar-refractivity contribution is 7.92. The summed E-state index contributed by atoms with van der Waals surface area (Å²) in [6.07, 6.45) is 3.52. The number of hydrogen-bond donors (Lipinski definition) is 2. The molecule has 0 fully saturated rings. The van der Waals surface area contributed by atoms with Gasteiger partial charge in [-0.15, -0.1) is 12.4 Å². The van der Waals surface area contributed by atoms with Gasteiger partial charge in [-0.1, -0.05) is 48.7 Å². The van der Waals surface area contributed by atoms with Gasteiger partial charge < -0.3 is 10.4 Å². The average molecular weight is 473 g/mol. The number of anilines is 1. The predicted molar refractivity (Wildman–Crippen MR) is 121 cm³/mol. The maximum absolute atomic E-state index is 13.2. The molecule has 0 saturated heterocycles. The summed E-state index contributed by atoms with van der Waals surface area (Å²) in [4.78, 5) is 10.8. The van der Waals surface area contributed by atoms with Gasteiger partial charge in [-0.25, -0.2) is 8.42 Å². The smallest absolute Gasteiger partial charge is 0.303 e. The normalized spacial score (nSPS) is 16.7. The van der Waals surface area contributed by atoms with E-state index in [1.54, 1.807) is 25.2 Å². The molecule has 1 aliphatic rings. The van der Waals surface area contributed by atoms with Crippen LogP contribution in [0.25, 0.3) is 0 Å². The molecule has 0 spiro atoms. The topological polar surface area (TPSA) is 86.7 Å². The van der Waals surface area contributed by atoms with E-state index in [2.05, 4.69) is 5.32 Å². The van der Waals surface area contributed by atoms with Crippen LogP contribution in [0.3, 0.4) is 0 Å². The number of halogens is 2. The Hall–Kier alpha value is -1.80. The first-order chi connectivity index (χ1) is 13.8. The van der Waals surface area contributed by atoms with Gasteiger partial charge in [0.15, 0.2) is 0 Å². The van der Waals surface area contributed by atoms with Crippen LogP contribution in [0.5, 0.6) is 0 Å². The molecule has 2 N–H and O–H groups in total. The van der Waals surface area contributed by atoms with Gasteiger partial charge in [0, 0.05) is 18.5 Å². The van der Waals surface area contributed by atoms with Gasteiger partial charge in [0.2, 0.25) is 0 Å². The van der Waals surface area contributed by atoms with Crippen molar-refractivity contribution in [3.63, 3.8) is 0 Å². The zero-order chi connectivity index (χ0) is 21.0. The monoisotopic (exact) mass is 472 g/mol. The van der Waals surface area contributed by atoms with Crippen molar-refractivity contribution in [2.75, 3.05) is 17.9 Å². The van der Waals surface area contributed by atoms with E-state index >= 15 is 0 Å². The van der Waals surface area contributed by atoms with Crippen molar-refractivity contribution < 1.29 is 18.3 Å². The summed E-state index contributed by atoms with van der Waals surface area (Å²) in [5, 5.41) is 12.6. The van der Waals surface area contributed by atoms with E-state index in [1.807, 2.05) is 18.2 Å². The zero-order valence-corrected chi connectivity index (χ0v) is 19.1. The van der Waals surface area contributed by atoms with E-state index in [9.17, 15) is 13.2 Å². The molecule has 30 heavy (non-hydrogen) atoms. The van der Waals surface area contributed by atoms with Gasteiger partial charge >= 0.3 is 5.97 Å². The lowest BCUT2D eigenvalue weighted by molar-refractivity contribution is -0.137. The maximum atomic E-state index is 13.2. The summed E-state index contributed by atoms with van der Waals surface area (Å²) in [7, 11) is -2.16. The van der Waals surface area contributed by atoms with Crippen LogP contribution in [-0.2, 0) is 14.8 Å². The summed E-state index contributed by atoms with van der Waals surface area (Å²) >= 11 is 6.12. The summed E-state index contributed by atoms with van der Waals surface area (Å²) in [6, 6.07) is 12.2. The molecule has 164 valence electrons. The molecule has 0 saturated carbocycles. The zero-order valence-electron chi connectivity index (χ0n) is 16.7. The van der Waals surface area contributed by atoms with Gasteiger partial charge in [-0.3, -0.25) is 9.10 Å². The number of nitrogens with one attached hydrogen (secondary N) is 1. The van der Waals surface area contributed by atoms with Crippen LogP contribution >= 0.6 is 24.0 Å². The molecule has 1 aliphatic heterocycles. The number of sulfonamides is 1. The fraction of sp³-hybridized carbons (Fsp3) is 0.381. The first kappa shape index (κ1) is 24.5. The number of rotatable bonds is 8. The second-order valence-corrected chi connectivity index (χ2v) is 9.53. The number of carbonyl (C=O) groups is 1. The summed E-state index contributed by atoms with van der Waals surface area (Å²) < 4.78 is 27.7. The molecule has 3 rings (SSSR count). The minimum absolute atomic E-state index is 0. The van der Waals surface area contributed by atoms with Crippen LogP contribution in [0.1, 0.15) is 49.3 Å². The molecule has 0 aliphatic carbocycles. The SMILES string of the molecule is CN1c2ccccc2C(NCCCCCCC(=O)O)c2ccc(Cl)cc2S1(=O)=O.Cl. The third kappa shape index (κ3) is 5.27. The van der Waals surface area contributed by atoms with Gasteiger partial charge in [-0.05, 0) is 48.7 Å². The van der Waals surface area contributed by atoms with E-state index in [0.717, 1.165) is 24.8 Å². The second-order valence-electron chi connectivity index (χ2n) is 7.16. The molecule has 0 bridgehead atoms. The van der Waals surface area contributed by atoms with Crippen LogP contribution in [0.2, 0.25) is 5.02 Å². The van der Waals surface area contributed by atoms with Crippen LogP contribution in [0.4, 0.5) is 5.69 Å². The fourth-order valence-electron chi connectivity index (χ4n) is 3.65. The number of para-hydroxylation sites is 1. The highest BCUT2D eigenvalue weighted by atomic mass is 35.5. The highest BCUT2D eigenvalue weighted by Crippen LogP contribution is 2.40. The van der Waals surface area contributed by atoms with Crippen LogP contribution < -0.4 is 9.62 Å². The summed E-state index contributed by atoms with van der Waals surface area (Å²) in [5.74, 6) is -0.765. The molecule has 6 nitrogen and oxygen atoms in total. The minimum atomic E-state index is -3.72. The molecular weight excluding hydrogens is 447 g/mol. The Morgan fingerprint density at radius 2 is 1.80 bits per heavy atom. The lowest BCUT2D eigenvalue weighted by atomic mass is 9.96. The quantitative estimate of drug-likeness (QED) is 0.547. The van der Waals surface area contributed by atoms with Gasteiger partial charge in [-0.2, -0.15) is 0 Å². The number of nitrogens with zero attached hydrogens (tertiary/aromatic N) is 1. The predicted octanol–water partition coefficient (Wildman–Crippen LogP) is 4.61. The van der Waals surface area contributed by atoms with E-state index in [-0.39, 0.29) is 29.8 Å². The summed E-state index contributed by atoms with van der Waals surface area (Å²) in [5.41, 5.74) is 2.21. The third-order valence-corrected chi connectivity index (χ3v) is 7.24. The van der Waals surface area contributed by atoms with Crippen molar-refractivity contribution in [2.24, 2.45) is 0 Å². The number of carboxylic acid groups (broad SMARTS) is 1. The lowest BCUT2D eigenvalue weighted by Gasteiger charge is -2.22. The van der Waals surface area contributed by atoms with Crippen molar-refractivity contribution in [1.29, 1.82) is 0 Å². The number of aliphatic carboxylic acids is 1. The lowest BCUT2D eigenvalue weighted by Crippen LogP contribution is -2.26. The Morgan fingerprint density at radius 3 is 2.53 bits per heavy atom. The van der Waals surface area contributed by atoms with E-state index in [1.165, 1.54) is 10.4 Å². The minimum Gasteiger partial charge on any atom is -0.481 e. The fourth-order valence-corrected chi connectivity index (χ4v) is 5.37. The average Bonchev–Trinajstić information content (AvgIpc) is 2.75.